The summed E-state index contributed by atoms with van der Waals surface area (Å²) in [4.78, 5) is 11.7. The largest absolute Gasteiger partial charge is 0.301 e. The summed E-state index contributed by atoms with van der Waals surface area (Å²) in [6.07, 6.45) is 3.06. The minimum absolute atomic E-state index is 0.194. The van der Waals surface area contributed by atoms with Gasteiger partial charge in [-0.1, -0.05) is 20.8 Å². The maximum atomic E-state index is 11.7. The van der Waals surface area contributed by atoms with Crippen molar-refractivity contribution in [2.75, 3.05) is 0 Å². The Kier molecular flexibility index (Phi) is 3.27. The molecular weight excluding hydrogens is 150 g/mol. The van der Waals surface area contributed by atoms with Crippen molar-refractivity contribution >= 4 is 5.78 Å². The lowest BCUT2D eigenvalue weighted by Gasteiger charge is -2.08. The van der Waals surface area contributed by atoms with Crippen molar-refractivity contribution in [1.29, 1.82) is 0 Å². The number of nitrogens with one attached hydrogen (secondary N) is 1. The molecule has 70 valence electrons. The third-order valence-electron chi connectivity index (χ3n) is 2.82. The minimum atomic E-state index is 0.194. The molecule has 0 radical (unpaired) electrons. The van der Waals surface area contributed by atoms with Gasteiger partial charge in [0.15, 0.2) is 5.78 Å². The van der Waals surface area contributed by atoms with E-state index in [1.54, 1.807) is 0 Å². The van der Waals surface area contributed by atoms with Crippen LogP contribution >= 0.6 is 0 Å². The van der Waals surface area contributed by atoms with Crippen LogP contribution in [0.25, 0.3) is 0 Å². The van der Waals surface area contributed by atoms with Crippen LogP contribution in [0.2, 0.25) is 0 Å². The lowest BCUT2D eigenvalue weighted by molar-refractivity contribution is -0.122. The van der Waals surface area contributed by atoms with Gasteiger partial charge < -0.3 is 5.32 Å². The monoisotopic (exact) mass is 169 g/mol. The van der Waals surface area contributed by atoms with Crippen molar-refractivity contribution in [1.82, 2.24) is 5.32 Å². The fourth-order valence-electron chi connectivity index (χ4n) is 1.75. The molecule has 1 fully saturated rings. The van der Waals surface area contributed by atoms with Gasteiger partial charge in [0, 0.05) is 12.0 Å². The summed E-state index contributed by atoms with van der Waals surface area (Å²) < 4.78 is 0. The van der Waals surface area contributed by atoms with Crippen LogP contribution in [0, 0.1) is 5.92 Å². The first kappa shape index (κ1) is 9.72. The van der Waals surface area contributed by atoms with Gasteiger partial charge in [-0.15, -0.1) is 0 Å². The molecule has 1 saturated heterocycles. The highest BCUT2D eigenvalue weighted by Crippen LogP contribution is 2.22. The maximum Gasteiger partial charge on any atom is 0.154 e. The van der Waals surface area contributed by atoms with Crippen molar-refractivity contribution in [3.05, 3.63) is 0 Å². The molecule has 0 aromatic rings. The van der Waals surface area contributed by atoms with E-state index in [-0.39, 0.29) is 6.04 Å². The number of carbonyl (C=O) groups excluding carboxylic acids is 1. The Bertz CT molecular complexity index is 163. The molecular formula is C10H19NO. The summed E-state index contributed by atoms with van der Waals surface area (Å²) in [5.74, 6) is 0.728. The summed E-state index contributed by atoms with van der Waals surface area (Å²) in [7, 11) is 0. The van der Waals surface area contributed by atoms with Crippen LogP contribution in [0.15, 0.2) is 0 Å². The third kappa shape index (κ3) is 1.86. The van der Waals surface area contributed by atoms with Crippen LogP contribution in [0.1, 0.15) is 40.0 Å². The van der Waals surface area contributed by atoms with Crippen LogP contribution in [-0.4, -0.2) is 17.9 Å². The number of carbonyl (C=O) groups is 1. The second-order valence-corrected chi connectivity index (χ2v) is 3.57. The molecule has 0 amide bonds. The maximum absolute atomic E-state index is 11.7. The molecule has 0 aromatic heterocycles. The molecule has 1 aliphatic heterocycles. The van der Waals surface area contributed by atoms with Crippen LogP contribution in [-0.2, 0) is 4.79 Å². The zero-order valence-corrected chi connectivity index (χ0v) is 8.26. The quantitative estimate of drug-likeness (QED) is 0.637. The van der Waals surface area contributed by atoms with Crippen molar-refractivity contribution < 1.29 is 4.79 Å². The second kappa shape index (κ2) is 4.04. The average Bonchev–Trinajstić information content (AvgIpc) is 2.85. The van der Waals surface area contributed by atoms with Crippen LogP contribution in [0.4, 0.5) is 0 Å². The van der Waals surface area contributed by atoms with Crippen LogP contribution in [0.5, 0.6) is 0 Å². The zero-order valence-electron chi connectivity index (χ0n) is 8.26. The van der Waals surface area contributed by atoms with E-state index in [0.717, 1.165) is 19.3 Å². The van der Waals surface area contributed by atoms with E-state index >= 15 is 0 Å². The van der Waals surface area contributed by atoms with E-state index in [9.17, 15) is 4.79 Å². The summed E-state index contributed by atoms with van der Waals surface area (Å²) in [6, 6.07) is 0.679. The minimum Gasteiger partial charge on any atom is -0.301 e. The molecule has 2 atom stereocenters. The summed E-state index contributed by atoms with van der Waals surface area (Å²) in [5, 5.41) is 3.22. The highest BCUT2D eigenvalue weighted by molar-refractivity contribution is 5.89. The SMILES string of the molecule is CCC(CC)C(=O)C1NC1CC. The molecule has 0 aromatic carbocycles. The Morgan fingerprint density at radius 2 is 1.92 bits per heavy atom. The first-order chi connectivity index (χ1) is 5.74. The number of rotatable bonds is 5. The smallest absolute Gasteiger partial charge is 0.154 e. The third-order valence-corrected chi connectivity index (χ3v) is 2.82. The van der Waals surface area contributed by atoms with Crippen LogP contribution in [0.3, 0.4) is 0 Å². The summed E-state index contributed by atoms with van der Waals surface area (Å²) >= 11 is 0. The summed E-state index contributed by atoms with van der Waals surface area (Å²) in [6.45, 7) is 6.31. The van der Waals surface area contributed by atoms with Gasteiger partial charge >= 0.3 is 0 Å². The number of hydrogen-bond acceptors (Lipinski definition) is 2. The normalized spacial score (nSPS) is 27.7. The van der Waals surface area contributed by atoms with Crippen LogP contribution < -0.4 is 5.32 Å². The molecule has 12 heavy (non-hydrogen) atoms. The van der Waals surface area contributed by atoms with Gasteiger partial charge in [0.2, 0.25) is 0 Å². The first-order valence-corrected chi connectivity index (χ1v) is 5.04. The molecule has 0 bridgehead atoms. The number of hydrogen-bond donors (Lipinski definition) is 1. The molecule has 2 unspecified atom stereocenters. The Morgan fingerprint density at radius 3 is 2.25 bits per heavy atom. The molecule has 0 aliphatic carbocycles. The van der Waals surface area contributed by atoms with Gasteiger partial charge in [-0.05, 0) is 19.3 Å². The van der Waals surface area contributed by atoms with Gasteiger partial charge in [0.1, 0.15) is 0 Å². The molecule has 2 nitrogen and oxygen atoms in total. The fourth-order valence-corrected chi connectivity index (χ4v) is 1.75. The van der Waals surface area contributed by atoms with Crippen molar-refractivity contribution in [2.45, 2.75) is 52.1 Å². The standard InChI is InChI=1S/C10H19NO/c1-4-7(5-2)10(12)9-8(6-3)11-9/h7-9,11H,4-6H2,1-3H3. The van der Waals surface area contributed by atoms with Gasteiger partial charge in [0.25, 0.3) is 0 Å². The van der Waals surface area contributed by atoms with Crippen molar-refractivity contribution in [3.8, 4) is 0 Å². The van der Waals surface area contributed by atoms with E-state index in [1.165, 1.54) is 0 Å². The Hall–Kier alpha value is -0.370. The van der Waals surface area contributed by atoms with Crippen molar-refractivity contribution in [3.63, 3.8) is 0 Å². The first-order valence-electron chi connectivity index (χ1n) is 5.04. The van der Waals surface area contributed by atoms with Gasteiger partial charge in [0.05, 0.1) is 6.04 Å². The lowest BCUT2D eigenvalue weighted by atomic mass is 9.94. The topological polar surface area (TPSA) is 39.0 Å². The fraction of sp³-hybridized carbons (Fsp3) is 0.900. The van der Waals surface area contributed by atoms with Gasteiger partial charge in [-0.25, -0.2) is 0 Å². The van der Waals surface area contributed by atoms with E-state index in [0.29, 0.717) is 17.7 Å². The lowest BCUT2D eigenvalue weighted by Crippen LogP contribution is -2.21. The predicted molar refractivity (Wildman–Crippen MR) is 50.1 cm³/mol. The molecule has 1 N–H and O–H groups in total. The van der Waals surface area contributed by atoms with E-state index in [4.69, 9.17) is 0 Å². The molecule has 0 saturated carbocycles. The highest BCUT2D eigenvalue weighted by Gasteiger charge is 2.42. The zero-order chi connectivity index (χ0) is 9.14. The van der Waals surface area contributed by atoms with Crippen molar-refractivity contribution in [2.24, 2.45) is 5.92 Å². The molecule has 1 aliphatic rings. The molecule has 2 heteroatoms. The number of Topliss-reactive ketones (excluding diaryl/α,β-unsaturated/α-hetero) is 1. The van der Waals surface area contributed by atoms with Gasteiger partial charge in [-0.2, -0.15) is 0 Å². The highest BCUT2D eigenvalue weighted by atomic mass is 16.1. The Labute approximate surface area is 74.7 Å². The Morgan fingerprint density at radius 1 is 1.33 bits per heavy atom. The summed E-state index contributed by atoms with van der Waals surface area (Å²) in [5.41, 5.74) is 0. The molecule has 0 spiro atoms. The van der Waals surface area contributed by atoms with Gasteiger partial charge in [-0.3, -0.25) is 4.79 Å². The van der Waals surface area contributed by atoms with E-state index < -0.39 is 0 Å². The second-order valence-electron chi connectivity index (χ2n) is 3.57. The predicted octanol–water partition coefficient (Wildman–Crippen LogP) is 1.74. The van der Waals surface area contributed by atoms with E-state index in [2.05, 4.69) is 26.1 Å². The van der Waals surface area contributed by atoms with E-state index in [1.807, 2.05) is 0 Å². The Balaban J connectivity index is 2.38. The molecule has 1 rings (SSSR count). The average molecular weight is 169 g/mol. The number of ketones is 1. The molecule has 1 heterocycles.